The van der Waals surface area contributed by atoms with E-state index in [1.807, 2.05) is 36.4 Å². The Balaban J connectivity index is 1.40. The van der Waals surface area contributed by atoms with Crippen LogP contribution in [0, 0.1) is 6.92 Å². The summed E-state index contributed by atoms with van der Waals surface area (Å²) in [7, 11) is 0. The Morgan fingerprint density at radius 2 is 1.58 bits per heavy atom. The Bertz CT molecular complexity index is 988. The molecule has 1 N–H and O–H groups in total. The van der Waals surface area contributed by atoms with Gasteiger partial charge in [-0.25, -0.2) is 0 Å². The molecule has 1 aliphatic rings. The molecule has 0 bridgehead atoms. The van der Waals surface area contributed by atoms with Crippen molar-refractivity contribution < 1.29 is 9.94 Å². The first kappa shape index (κ1) is 21.3. The van der Waals surface area contributed by atoms with E-state index in [0.29, 0.717) is 13.0 Å². The van der Waals surface area contributed by atoms with Gasteiger partial charge in [0.15, 0.2) is 0 Å². The van der Waals surface area contributed by atoms with Crippen molar-refractivity contribution >= 4 is 5.71 Å². The zero-order valence-electron chi connectivity index (χ0n) is 18.0. The molecule has 0 fully saturated rings. The third-order valence-electron chi connectivity index (χ3n) is 5.68. The number of oxime groups is 1. The number of nitrogens with zero attached hydrogens (tertiary/aromatic N) is 2. The van der Waals surface area contributed by atoms with Crippen molar-refractivity contribution in [3.05, 3.63) is 107 Å². The standard InChI is InChI=1S/C27H30N2O2/c1-21-10-8-9-15-26(21)27-17-25(31-28-27)20-29(18-23-13-6-3-7-14-23)19-24(30)16-22-11-4-2-5-12-22/h2-15,24-25,30H,16-20H2,1H3/t24-,25-/m1/s1. The van der Waals surface area contributed by atoms with Gasteiger partial charge in [0.2, 0.25) is 0 Å². The van der Waals surface area contributed by atoms with Crippen LogP contribution >= 0.6 is 0 Å². The van der Waals surface area contributed by atoms with Crippen LogP contribution in [-0.4, -0.2) is 41.0 Å². The quantitative estimate of drug-likeness (QED) is 0.557. The lowest BCUT2D eigenvalue weighted by molar-refractivity contribution is 0.0322. The summed E-state index contributed by atoms with van der Waals surface area (Å²) in [5.74, 6) is 0. The summed E-state index contributed by atoms with van der Waals surface area (Å²) >= 11 is 0. The molecule has 4 rings (SSSR count). The summed E-state index contributed by atoms with van der Waals surface area (Å²) in [5.41, 5.74) is 5.76. The fraction of sp³-hybridized carbons (Fsp3) is 0.296. The zero-order chi connectivity index (χ0) is 21.5. The number of hydrogen-bond acceptors (Lipinski definition) is 4. The van der Waals surface area contributed by atoms with E-state index in [1.165, 1.54) is 11.1 Å². The number of aliphatic hydroxyl groups excluding tert-OH is 1. The average molecular weight is 415 g/mol. The van der Waals surface area contributed by atoms with Gasteiger partial charge < -0.3 is 9.94 Å². The third kappa shape index (κ3) is 6.03. The van der Waals surface area contributed by atoms with Crippen molar-refractivity contribution in [3.63, 3.8) is 0 Å². The molecule has 31 heavy (non-hydrogen) atoms. The Hall–Kier alpha value is -2.95. The largest absolute Gasteiger partial charge is 0.391 e. The normalized spacial score (nSPS) is 16.7. The van der Waals surface area contributed by atoms with Crippen LogP contribution in [0.3, 0.4) is 0 Å². The van der Waals surface area contributed by atoms with Crippen LogP contribution in [0.25, 0.3) is 0 Å². The van der Waals surface area contributed by atoms with Gasteiger partial charge in [-0.15, -0.1) is 0 Å². The van der Waals surface area contributed by atoms with Crippen LogP contribution in [0.4, 0.5) is 0 Å². The van der Waals surface area contributed by atoms with Crippen molar-refractivity contribution in [1.29, 1.82) is 0 Å². The Morgan fingerprint density at radius 3 is 2.29 bits per heavy atom. The number of rotatable bonds is 9. The molecule has 160 valence electrons. The summed E-state index contributed by atoms with van der Waals surface area (Å²) in [6.07, 6.45) is 0.972. The first-order chi connectivity index (χ1) is 15.2. The van der Waals surface area contributed by atoms with Gasteiger partial charge in [0.1, 0.15) is 6.10 Å². The SMILES string of the molecule is Cc1ccccc1C1=NO[C@@H](CN(Cc2ccccc2)C[C@H](O)Cc2ccccc2)C1. The lowest BCUT2D eigenvalue weighted by Gasteiger charge is -2.27. The minimum atomic E-state index is -0.440. The van der Waals surface area contributed by atoms with E-state index in [0.717, 1.165) is 36.3 Å². The highest BCUT2D eigenvalue weighted by molar-refractivity contribution is 6.02. The fourth-order valence-corrected chi connectivity index (χ4v) is 4.16. The maximum atomic E-state index is 10.8. The van der Waals surface area contributed by atoms with Crippen molar-refractivity contribution in [1.82, 2.24) is 4.90 Å². The van der Waals surface area contributed by atoms with Crippen molar-refractivity contribution in [2.24, 2.45) is 5.16 Å². The summed E-state index contributed by atoms with van der Waals surface area (Å²) in [6.45, 7) is 4.18. The maximum absolute atomic E-state index is 10.8. The predicted molar refractivity (Wildman–Crippen MR) is 125 cm³/mol. The molecule has 4 nitrogen and oxygen atoms in total. The molecule has 0 unspecified atom stereocenters. The molecule has 0 saturated carbocycles. The lowest BCUT2D eigenvalue weighted by Crippen LogP contribution is -2.38. The zero-order valence-corrected chi connectivity index (χ0v) is 18.0. The molecular weight excluding hydrogens is 384 g/mol. The maximum Gasteiger partial charge on any atom is 0.145 e. The van der Waals surface area contributed by atoms with Crippen LogP contribution in [0.1, 0.15) is 28.7 Å². The van der Waals surface area contributed by atoms with Crippen LogP contribution < -0.4 is 0 Å². The summed E-state index contributed by atoms with van der Waals surface area (Å²) in [5, 5.41) is 15.2. The molecule has 0 aromatic heterocycles. The van der Waals surface area contributed by atoms with Gasteiger partial charge in [-0.2, -0.15) is 0 Å². The minimum Gasteiger partial charge on any atom is -0.391 e. The highest BCUT2D eigenvalue weighted by Crippen LogP contribution is 2.21. The fourth-order valence-electron chi connectivity index (χ4n) is 4.16. The molecule has 3 aromatic rings. The average Bonchev–Trinajstić information content (AvgIpc) is 3.23. The lowest BCUT2D eigenvalue weighted by atomic mass is 10.00. The van der Waals surface area contributed by atoms with Gasteiger partial charge in [-0.1, -0.05) is 90.1 Å². The molecule has 4 heteroatoms. The van der Waals surface area contributed by atoms with Crippen LogP contribution in [0.5, 0.6) is 0 Å². The number of aliphatic hydroxyl groups is 1. The van der Waals surface area contributed by atoms with Gasteiger partial charge >= 0.3 is 0 Å². The molecule has 0 amide bonds. The van der Waals surface area contributed by atoms with E-state index in [9.17, 15) is 5.11 Å². The monoisotopic (exact) mass is 414 g/mol. The second kappa shape index (κ2) is 10.4. The van der Waals surface area contributed by atoms with Gasteiger partial charge in [0.25, 0.3) is 0 Å². The van der Waals surface area contributed by atoms with E-state index in [4.69, 9.17) is 4.84 Å². The molecule has 0 aliphatic carbocycles. The van der Waals surface area contributed by atoms with E-state index < -0.39 is 6.10 Å². The molecule has 0 saturated heterocycles. The van der Waals surface area contributed by atoms with E-state index in [2.05, 4.69) is 65.5 Å². The first-order valence-electron chi connectivity index (χ1n) is 10.9. The van der Waals surface area contributed by atoms with Gasteiger partial charge in [-0.05, 0) is 30.0 Å². The van der Waals surface area contributed by atoms with Gasteiger partial charge in [0, 0.05) is 31.6 Å². The van der Waals surface area contributed by atoms with Crippen molar-refractivity contribution in [2.45, 2.75) is 38.5 Å². The van der Waals surface area contributed by atoms with E-state index in [1.54, 1.807) is 0 Å². The van der Waals surface area contributed by atoms with Crippen molar-refractivity contribution in [2.75, 3.05) is 13.1 Å². The van der Waals surface area contributed by atoms with Crippen molar-refractivity contribution in [3.8, 4) is 0 Å². The molecule has 0 spiro atoms. The number of hydrogen-bond donors (Lipinski definition) is 1. The predicted octanol–water partition coefficient (Wildman–Crippen LogP) is 4.59. The Morgan fingerprint density at radius 1 is 0.935 bits per heavy atom. The molecule has 0 radical (unpaired) electrons. The Kier molecular flexibility index (Phi) is 7.13. The summed E-state index contributed by atoms with van der Waals surface area (Å²) < 4.78 is 0. The van der Waals surface area contributed by atoms with Crippen LogP contribution in [0.15, 0.2) is 90.1 Å². The van der Waals surface area contributed by atoms with Gasteiger partial charge in [0.05, 0.1) is 11.8 Å². The number of benzene rings is 3. The highest BCUT2D eigenvalue weighted by atomic mass is 16.6. The second-order valence-electron chi connectivity index (χ2n) is 8.31. The van der Waals surface area contributed by atoms with Gasteiger partial charge in [-0.3, -0.25) is 4.90 Å². The second-order valence-corrected chi connectivity index (χ2v) is 8.31. The molecule has 3 aromatic carbocycles. The third-order valence-corrected chi connectivity index (χ3v) is 5.68. The summed E-state index contributed by atoms with van der Waals surface area (Å²) in [6, 6.07) is 28.8. The highest BCUT2D eigenvalue weighted by Gasteiger charge is 2.26. The molecule has 2 atom stereocenters. The first-order valence-corrected chi connectivity index (χ1v) is 10.9. The summed E-state index contributed by atoms with van der Waals surface area (Å²) in [4.78, 5) is 8.09. The molecular formula is C27H30N2O2. The number of aryl methyl sites for hydroxylation is 1. The Labute approximate surface area is 184 Å². The van der Waals surface area contributed by atoms with Crippen LogP contribution in [0.2, 0.25) is 0 Å². The molecule has 1 heterocycles. The van der Waals surface area contributed by atoms with Crippen LogP contribution in [-0.2, 0) is 17.8 Å². The smallest absolute Gasteiger partial charge is 0.145 e. The topological polar surface area (TPSA) is 45.1 Å². The minimum absolute atomic E-state index is 0.0118. The van der Waals surface area contributed by atoms with E-state index >= 15 is 0 Å². The van der Waals surface area contributed by atoms with E-state index in [-0.39, 0.29) is 6.10 Å². The molecule has 1 aliphatic heterocycles.